The number of aryl methyl sites for hydroxylation is 2. The van der Waals surface area contributed by atoms with Gasteiger partial charge in [-0.05, 0) is 20.3 Å². The van der Waals surface area contributed by atoms with Gasteiger partial charge in [0.15, 0.2) is 0 Å². The molecule has 90 valence electrons. The van der Waals surface area contributed by atoms with E-state index in [-0.39, 0.29) is 4.90 Å². The van der Waals surface area contributed by atoms with Gasteiger partial charge in [-0.15, -0.1) is 6.58 Å². The third kappa shape index (κ3) is 2.51. The van der Waals surface area contributed by atoms with Gasteiger partial charge in [0.05, 0.1) is 11.4 Å². The highest BCUT2D eigenvalue weighted by molar-refractivity contribution is 7.89. The summed E-state index contributed by atoms with van der Waals surface area (Å²) in [5.74, 6) is 0. The number of nitrogens with one attached hydrogen (secondary N) is 1. The first-order valence-electron chi connectivity index (χ1n) is 5.01. The molecule has 0 radical (unpaired) electrons. The molecule has 1 aromatic heterocycles. The van der Waals surface area contributed by atoms with Crippen LogP contribution in [0.5, 0.6) is 0 Å². The molecule has 0 amide bonds. The van der Waals surface area contributed by atoms with E-state index in [1.54, 1.807) is 31.7 Å². The van der Waals surface area contributed by atoms with Gasteiger partial charge in [-0.25, -0.2) is 13.1 Å². The molecule has 0 aromatic carbocycles. The Labute approximate surface area is 96.2 Å². The Bertz CT molecular complexity index is 488. The number of aromatic nitrogens is 2. The SMILES string of the molecule is C=CCCNS(=O)(=O)c1c(C)nn(C)c1C. The largest absolute Gasteiger partial charge is 0.271 e. The van der Waals surface area contributed by atoms with Gasteiger partial charge < -0.3 is 0 Å². The van der Waals surface area contributed by atoms with Crippen molar-refractivity contribution in [2.45, 2.75) is 25.2 Å². The molecule has 0 aliphatic heterocycles. The van der Waals surface area contributed by atoms with Crippen LogP contribution in [0, 0.1) is 13.8 Å². The van der Waals surface area contributed by atoms with Crippen LogP contribution >= 0.6 is 0 Å². The Morgan fingerprint density at radius 1 is 1.50 bits per heavy atom. The molecule has 0 saturated carbocycles. The van der Waals surface area contributed by atoms with Crippen LogP contribution in [0.1, 0.15) is 17.8 Å². The quantitative estimate of drug-likeness (QED) is 0.617. The van der Waals surface area contributed by atoms with Crippen molar-refractivity contribution < 1.29 is 8.42 Å². The van der Waals surface area contributed by atoms with Crippen LogP contribution in [0.2, 0.25) is 0 Å². The van der Waals surface area contributed by atoms with Crippen LogP contribution in [-0.2, 0) is 17.1 Å². The lowest BCUT2D eigenvalue weighted by Gasteiger charge is -2.05. The molecule has 0 fully saturated rings. The highest BCUT2D eigenvalue weighted by atomic mass is 32.2. The van der Waals surface area contributed by atoms with Crippen molar-refractivity contribution in [3.05, 3.63) is 24.0 Å². The van der Waals surface area contributed by atoms with Gasteiger partial charge in [-0.3, -0.25) is 4.68 Å². The molecule has 0 saturated heterocycles. The second-order valence-corrected chi connectivity index (χ2v) is 5.30. The van der Waals surface area contributed by atoms with E-state index in [9.17, 15) is 8.42 Å². The lowest BCUT2D eigenvalue weighted by Crippen LogP contribution is -2.25. The molecule has 5 nitrogen and oxygen atoms in total. The molecule has 0 aliphatic rings. The number of sulfonamides is 1. The normalized spacial score (nSPS) is 11.7. The molecule has 0 bridgehead atoms. The van der Waals surface area contributed by atoms with E-state index < -0.39 is 10.0 Å². The van der Waals surface area contributed by atoms with Crippen molar-refractivity contribution in [2.24, 2.45) is 7.05 Å². The van der Waals surface area contributed by atoms with Crippen LogP contribution < -0.4 is 4.72 Å². The van der Waals surface area contributed by atoms with Gasteiger partial charge in [0.2, 0.25) is 10.0 Å². The Kier molecular flexibility index (Phi) is 3.88. The first-order chi connectivity index (χ1) is 7.40. The summed E-state index contributed by atoms with van der Waals surface area (Å²) in [5.41, 5.74) is 1.16. The summed E-state index contributed by atoms with van der Waals surface area (Å²) >= 11 is 0. The minimum atomic E-state index is -3.45. The van der Waals surface area contributed by atoms with Crippen molar-refractivity contribution in [1.82, 2.24) is 14.5 Å². The Morgan fingerprint density at radius 2 is 2.12 bits per heavy atom. The molecule has 6 heteroatoms. The zero-order valence-corrected chi connectivity index (χ0v) is 10.6. The Hall–Kier alpha value is -1.14. The number of hydrogen-bond donors (Lipinski definition) is 1. The monoisotopic (exact) mass is 243 g/mol. The fraction of sp³-hybridized carbons (Fsp3) is 0.500. The predicted octanol–water partition coefficient (Wildman–Crippen LogP) is 0.891. The van der Waals surface area contributed by atoms with E-state index in [4.69, 9.17) is 0 Å². The second kappa shape index (κ2) is 4.80. The summed E-state index contributed by atoms with van der Waals surface area (Å²) < 4.78 is 28.0. The molecule has 0 unspecified atom stereocenters. The van der Waals surface area contributed by atoms with Gasteiger partial charge >= 0.3 is 0 Å². The van der Waals surface area contributed by atoms with Gasteiger partial charge in [0.1, 0.15) is 4.90 Å². The minimum absolute atomic E-state index is 0.277. The van der Waals surface area contributed by atoms with Crippen molar-refractivity contribution in [1.29, 1.82) is 0 Å². The lowest BCUT2D eigenvalue weighted by molar-refractivity contribution is 0.580. The zero-order chi connectivity index (χ0) is 12.3. The Morgan fingerprint density at radius 3 is 2.56 bits per heavy atom. The molecule has 1 rings (SSSR count). The van der Waals surface area contributed by atoms with Gasteiger partial charge in [0, 0.05) is 13.6 Å². The van der Waals surface area contributed by atoms with Crippen LogP contribution in [0.15, 0.2) is 17.6 Å². The van der Waals surface area contributed by atoms with Gasteiger partial charge in [-0.1, -0.05) is 6.08 Å². The van der Waals surface area contributed by atoms with Gasteiger partial charge in [0.25, 0.3) is 0 Å². The highest BCUT2D eigenvalue weighted by Crippen LogP contribution is 2.17. The molecular weight excluding hydrogens is 226 g/mol. The summed E-state index contributed by atoms with van der Waals surface area (Å²) in [6, 6.07) is 0. The third-order valence-electron chi connectivity index (χ3n) is 2.35. The van der Waals surface area contributed by atoms with E-state index in [1.807, 2.05) is 0 Å². The lowest BCUT2D eigenvalue weighted by atomic mass is 10.4. The van der Waals surface area contributed by atoms with E-state index in [2.05, 4.69) is 16.4 Å². The number of rotatable bonds is 5. The number of hydrogen-bond acceptors (Lipinski definition) is 3. The van der Waals surface area contributed by atoms with Crippen LogP contribution in [-0.4, -0.2) is 24.7 Å². The molecule has 0 aliphatic carbocycles. The van der Waals surface area contributed by atoms with E-state index in [0.29, 0.717) is 24.4 Å². The van der Waals surface area contributed by atoms with Crippen LogP contribution in [0.25, 0.3) is 0 Å². The first-order valence-corrected chi connectivity index (χ1v) is 6.49. The fourth-order valence-electron chi connectivity index (χ4n) is 1.51. The average Bonchev–Trinajstić information content (AvgIpc) is 2.41. The number of nitrogens with zero attached hydrogens (tertiary/aromatic N) is 2. The summed E-state index contributed by atoms with van der Waals surface area (Å²) in [4.78, 5) is 0.277. The molecule has 1 heterocycles. The smallest absolute Gasteiger partial charge is 0.244 e. The van der Waals surface area contributed by atoms with Crippen LogP contribution in [0.4, 0.5) is 0 Å². The fourth-order valence-corrected chi connectivity index (χ4v) is 2.99. The zero-order valence-electron chi connectivity index (χ0n) is 9.82. The molecule has 1 aromatic rings. The second-order valence-electron chi connectivity index (χ2n) is 3.60. The molecule has 0 atom stereocenters. The topological polar surface area (TPSA) is 64.0 Å². The summed E-state index contributed by atoms with van der Waals surface area (Å²) in [5, 5.41) is 4.08. The van der Waals surface area contributed by atoms with Crippen molar-refractivity contribution in [3.63, 3.8) is 0 Å². The minimum Gasteiger partial charge on any atom is -0.271 e. The Balaban J connectivity index is 3.03. The summed E-state index contributed by atoms with van der Waals surface area (Å²) in [6.45, 7) is 7.33. The van der Waals surface area contributed by atoms with Crippen molar-refractivity contribution >= 4 is 10.0 Å². The van der Waals surface area contributed by atoms with Gasteiger partial charge in [-0.2, -0.15) is 5.10 Å². The molecule has 1 N–H and O–H groups in total. The highest BCUT2D eigenvalue weighted by Gasteiger charge is 2.22. The van der Waals surface area contributed by atoms with Crippen molar-refractivity contribution in [3.8, 4) is 0 Å². The maximum Gasteiger partial charge on any atom is 0.244 e. The maximum absolute atomic E-state index is 12.0. The van der Waals surface area contributed by atoms with Crippen molar-refractivity contribution in [2.75, 3.05) is 6.54 Å². The van der Waals surface area contributed by atoms with E-state index >= 15 is 0 Å². The summed E-state index contributed by atoms with van der Waals surface area (Å²) in [7, 11) is -1.73. The maximum atomic E-state index is 12.0. The molecule has 16 heavy (non-hydrogen) atoms. The third-order valence-corrected chi connectivity index (χ3v) is 4.06. The molecule has 0 spiro atoms. The first kappa shape index (κ1) is 12.9. The van der Waals surface area contributed by atoms with E-state index in [1.165, 1.54) is 0 Å². The molecular formula is C10H17N3O2S. The standard InChI is InChI=1S/C10H17N3O2S/c1-5-6-7-11-16(14,15)10-8(2)12-13(4)9(10)3/h5,11H,1,6-7H2,2-4H3. The average molecular weight is 243 g/mol. The van der Waals surface area contributed by atoms with E-state index in [0.717, 1.165) is 0 Å². The predicted molar refractivity (Wildman–Crippen MR) is 62.7 cm³/mol. The van der Waals surface area contributed by atoms with Crippen LogP contribution in [0.3, 0.4) is 0 Å². The summed E-state index contributed by atoms with van der Waals surface area (Å²) in [6.07, 6.45) is 2.28.